The number of methoxy groups -OCH3 is 2. The Morgan fingerprint density at radius 2 is 1.70 bits per heavy atom. The van der Waals surface area contributed by atoms with E-state index < -0.39 is 137 Å². The van der Waals surface area contributed by atoms with Gasteiger partial charge in [-0.3, -0.25) is 34.1 Å². The molecule has 2 fully saturated rings. The highest BCUT2D eigenvalue weighted by Crippen LogP contribution is 2.49. The average Bonchev–Trinajstić information content (AvgIpc) is 1.57. The number of aliphatic hydroxyl groups is 1. The Labute approximate surface area is 546 Å². The molecule has 2 aromatic rings. The van der Waals surface area contributed by atoms with Crippen LogP contribution in [0, 0.1) is 23.6 Å². The van der Waals surface area contributed by atoms with Gasteiger partial charge in [0.15, 0.2) is 5.72 Å². The van der Waals surface area contributed by atoms with Crippen LogP contribution < -0.4 is 42.0 Å². The zero-order valence-electron chi connectivity index (χ0n) is 52.9. The van der Waals surface area contributed by atoms with Gasteiger partial charge in [0.05, 0.1) is 36.8 Å². The molecule has 8 amide bonds. The van der Waals surface area contributed by atoms with Gasteiger partial charge in [0, 0.05) is 62.9 Å². The number of urea groups is 1. The molecule has 3 aliphatic heterocycles. The molecule has 0 aliphatic carbocycles. The third-order valence-electron chi connectivity index (χ3n) is 16.3. The van der Waals surface area contributed by atoms with Gasteiger partial charge < -0.3 is 70.3 Å². The molecule has 4 bridgehead atoms. The van der Waals surface area contributed by atoms with Gasteiger partial charge in [-0.15, -0.1) is 0 Å². The Morgan fingerprint density at radius 1 is 1.01 bits per heavy atom. The predicted octanol–water partition coefficient (Wildman–Crippen LogP) is 7.27. The van der Waals surface area contributed by atoms with E-state index in [0.717, 1.165) is 28.2 Å². The van der Waals surface area contributed by atoms with Crippen LogP contribution >= 0.6 is 43.5 Å². The number of hydrogen-bond donors (Lipinski definition) is 7. The summed E-state index contributed by atoms with van der Waals surface area (Å²) in [5.74, 6) is -7.13. The standard InChI is InChI=1S/C62H86Br2ClFN8O16/c1-33(2)51(71-48(75)20-13-14-23-60(6,7)90-57(81)38(31-63)32-64)54(78)70-42(18-16-24-68-58(67)82)53(77)69-39-21-22-40(41(66)28-39)55(79)73(9)36(5)56(80)88-47-29-49(76)74(10)43-26-37(27-44(85-11)50(43)65)25-34(3)17-15-19-46(86-12)62(84)30-45(87-59(83)72-62)35(4)52-61(47,8)89-52/h15,17,19,21-22,26-28,33,35-36,38,42,45-47,51-52,84H,13-14,16,18,20,23-25,29-32H2,1-12H3,(H,69,77)(H,70,78)(H,71,75)(H,72,83)(H3,67,68,82)/b19-15+,34-17+/t35-,36+,42+,45+,46-,47+,51+,52+,61+,62+/m1/s1. The summed E-state index contributed by atoms with van der Waals surface area (Å²) in [5, 5.41) is 25.8. The van der Waals surface area contributed by atoms with E-state index in [-0.39, 0.29) is 66.3 Å². The van der Waals surface area contributed by atoms with Gasteiger partial charge in [-0.1, -0.05) is 88.0 Å². The number of esters is 2. The van der Waals surface area contributed by atoms with E-state index in [0.29, 0.717) is 36.3 Å². The smallest absolute Gasteiger partial charge is 0.409 e. The summed E-state index contributed by atoms with van der Waals surface area (Å²) in [4.78, 5) is 123. The number of nitrogens with zero attached hydrogens (tertiary/aromatic N) is 2. The molecule has 28 heteroatoms. The van der Waals surface area contributed by atoms with Gasteiger partial charge in [-0.05, 0) is 115 Å². The number of epoxide rings is 1. The lowest BCUT2D eigenvalue weighted by Gasteiger charge is -2.42. The molecule has 498 valence electrons. The number of likely N-dealkylation sites (N-methyl/N-ethyl adjacent to an activating group) is 1. The fourth-order valence-corrected chi connectivity index (χ4v) is 12.5. The van der Waals surface area contributed by atoms with Gasteiger partial charge in [-0.2, -0.15) is 0 Å². The molecule has 0 spiro atoms. The normalized spacial score (nSPS) is 23.9. The molecule has 2 saturated heterocycles. The van der Waals surface area contributed by atoms with Crippen LogP contribution in [-0.2, 0) is 58.9 Å². The van der Waals surface area contributed by atoms with Crippen LogP contribution in [0.1, 0.15) is 123 Å². The number of hydrogen-bond acceptors (Lipinski definition) is 16. The molecular weight excluding hydrogens is 1330 g/mol. The minimum atomic E-state index is -1.94. The average molecular weight is 1410 g/mol. The van der Waals surface area contributed by atoms with Crippen LogP contribution in [0.5, 0.6) is 5.75 Å². The summed E-state index contributed by atoms with van der Waals surface area (Å²) >= 11 is 13.5. The number of benzene rings is 2. The van der Waals surface area contributed by atoms with Gasteiger partial charge in [-0.25, -0.2) is 18.8 Å². The van der Waals surface area contributed by atoms with Crippen molar-refractivity contribution in [2.45, 2.75) is 173 Å². The van der Waals surface area contributed by atoms with Crippen molar-refractivity contribution in [2.24, 2.45) is 23.5 Å². The highest BCUT2D eigenvalue weighted by molar-refractivity contribution is 9.09. The third-order valence-corrected chi connectivity index (χ3v) is 18.2. The molecule has 0 saturated carbocycles. The first-order chi connectivity index (χ1) is 42.2. The molecule has 8 N–H and O–H groups in total. The summed E-state index contributed by atoms with van der Waals surface area (Å²) in [5.41, 5.74) is 2.32. The van der Waals surface area contributed by atoms with Crippen molar-refractivity contribution < 1.29 is 81.1 Å². The maximum absolute atomic E-state index is 16.2. The van der Waals surface area contributed by atoms with Crippen molar-refractivity contribution in [3.05, 3.63) is 76.1 Å². The van der Waals surface area contributed by atoms with Crippen molar-refractivity contribution in [1.29, 1.82) is 0 Å². The van der Waals surface area contributed by atoms with Crippen LogP contribution in [0.15, 0.2) is 54.1 Å². The fourth-order valence-electron chi connectivity index (χ4n) is 10.6. The van der Waals surface area contributed by atoms with E-state index in [9.17, 15) is 48.3 Å². The first-order valence-corrected chi connectivity index (χ1v) is 32.3. The molecule has 0 aromatic heterocycles. The van der Waals surface area contributed by atoms with Crippen LogP contribution in [0.25, 0.3) is 0 Å². The Morgan fingerprint density at radius 3 is 2.32 bits per heavy atom. The number of fused-ring (bicyclic) bond motifs is 5. The van der Waals surface area contributed by atoms with E-state index in [2.05, 4.69) is 58.4 Å². The number of amides is 8. The molecule has 24 nitrogen and oxygen atoms in total. The third kappa shape index (κ3) is 19.8. The van der Waals surface area contributed by atoms with Crippen molar-refractivity contribution in [3.63, 3.8) is 0 Å². The predicted molar refractivity (Wildman–Crippen MR) is 341 cm³/mol. The Bertz CT molecular complexity index is 3030. The molecule has 3 heterocycles. The van der Waals surface area contributed by atoms with Crippen molar-refractivity contribution >= 4 is 108 Å². The molecule has 90 heavy (non-hydrogen) atoms. The van der Waals surface area contributed by atoms with Gasteiger partial charge in [0.1, 0.15) is 64.2 Å². The molecule has 10 atom stereocenters. The summed E-state index contributed by atoms with van der Waals surface area (Å²) in [7, 11) is 5.55. The minimum absolute atomic E-state index is 0.0343. The first-order valence-electron chi connectivity index (χ1n) is 29.7. The van der Waals surface area contributed by atoms with E-state index in [4.69, 9.17) is 45.8 Å². The van der Waals surface area contributed by atoms with Crippen molar-refractivity contribution in [3.8, 4) is 5.75 Å². The number of anilines is 2. The Kier molecular flexibility index (Phi) is 27.1. The Balaban J connectivity index is 1.32. The number of allylic oxidation sites excluding steroid dienone is 3. The van der Waals surface area contributed by atoms with Crippen LogP contribution in [0.3, 0.4) is 0 Å². The number of carbonyl (C=O) groups is 9. The lowest BCUT2D eigenvalue weighted by molar-refractivity contribution is -0.161. The van der Waals surface area contributed by atoms with Gasteiger partial charge >= 0.3 is 24.1 Å². The Hall–Kier alpha value is -6.39. The van der Waals surface area contributed by atoms with Crippen molar-refractivity contribution in [2.75, 3.05) is 55.7 Å². The van der Waals surface area contributed by atoms with E-state index in [1.807, 2.05) is 13.0 Å². The minimum Gasteiger partial charge on any atom is -0.495 e. The molecule has 0 radical (unpaired) electrons. The van der Waals surface area contributed by atoms with E-state index >= 15 is 4.39 Å². The largest absolute Gasteiger partial charge is 0.495 e. The number of alkyl carbamates (subject to hydrolysis) is 1. The number of halogens is 4. The van der Waals surface area contributed by atoms with Crippen LogP contribution in [0.4, 0.5) is 25.4 Å². The van der Waals surface area contributed by atoms with Crippen LogP contribution in [0.2, 0.25) is 5.02 Å². The lowest BCUT2D eigenvalue weighted by atomic mass is 9.83. The van der Waals surface area contributed by atoms with E-state index in [1.54, 1.807) is 65.8 Å². The number of nitrogens with one attached hydrogen (secondary N) is 5. The van der Waals surface area contributed by atoms with Gasteiger partial charge in [0.25, 0.3) is 5.91 Å². The fraction of sp³-hybridized carbons (Fsp3) is 0.597. The molecular formula is C62H86Br2ClFN8O16. The number of nitrogens with two attached hydrogens (primary N) is 1. The summed E-state index contributed by atoms with van der Waals surface area (Å²) in [6, 6.07) is 2.05. The monoisotopic (exact) mass is 1410 g/mol. The lowest BCUT2D eigenvalue weighted by Crippen LogP contribution is -2.63. The maximum atomic E-state index is 16.2. The summed E-state index contributed by atoms with van der Waals surface area (Å²) in [6.07, 6.45) is 1.26. The number of alkyl halides is 2. The van der Waals surface area contributed by atoms with Gasteiger partial charge in [0.2, 0.25) is 23.6 Å². The number of primary amides is 1. The number of carbonyl (C=O) groups excluding carboxylic acids is 9. The summed E-state index contributed by atoms with van der Waals surface area (Å²) in [6.45, 7) is 13.6. The molecule has 3 aliphatic rings. The van der Waals surface area contributed by atoms with Crippen molar-refractivity contribution in [1.82, 2.24) is 26.2 Å². The second kappa shape index (κ2) is 32.8. The summed E-state index contributed by atoms with van der Waals surface area (Å²) < 4.78 is 51.3. The topological polar surface area (TPSA) is 325 Å². The highest BCUT2D eigenvalue weighted by Gasteiger charge is 2.64. The maximum Gasteiger partial charge on any atom is 0.409 e. The first kappa shape index (κ1) is 74.3. The second-order valence-electron chi connectivity index (χ2n) is 24.2. The highest BCUT2D eigenvalue weighted by atomic mass is 79.9. The SMILES string of the molecule is COc1cc2cc(c1Cl)N(C)C(=O)C[C@H](OC(=O)[C@H](C)N(C)C(=O)c1ccc(NC(=O)[C@H](CCCNC(N)=O)NC(=O)[C@@H](NC(=O)CCCCC(C)(C)OC(=O)C(CBr)CBr)C(C)C)cc1F)[C@]1(C)O[C@H]1[C@H](C)[C@@H]1C[C@@](O)(NC(=O)O1)[C@H](OC)/C=C/C=C(\C)C2. The van der Waals surface area contributed by atoms with E-state index in [1.165, 1.54) is 46.2 Å². The number of ether oxygens (including phenoxy) is 6. The molecule has 2 aromatic carbocycles. The quantitative estimate of drug-likeness (QED) is 0.0169. The second-order valence-corrected chi connectivity index (χ2v) is 25.8. The number of rotatable bonds is 25. The van der Waals surface area contributed by atoms with Crippen LogP contribution in [-0.4, -0.2) is 169 Å². The zero-order chi connectivity index (χ0) is 67.2. The number of unbranched alkanes of at least 4 members (excludes halogenated alkanes) is 1. The molecule has 5 rings (SSSR count). The zero-order valence-corrected chi connectivity index (χ0v) is 56.9. The molecule has 0 unspecified atom stereocenters.